The van der Waals surface area contributed by atoms with Crippen LogP contribution in [0.3, 0.4) is 0 Å². The maximum Gasteiger partial charge on any atom is 0.252 e. The lowest BCUT2D eigenvalue weighted by Crippen LogP contribution is -2.47. The number of rotatable bonds is 6. The van der Waals surface area contributed by atoms with Gasteiger partial charge in [-0.15, -0.1) is 11.3 Å². The monoisotopic (exact) mass is 318 g/mol. The number of likely N-dealkylation sites (N-methyl/N-ethyl adjacent to an activating group) is 1. The van der Waals surface area contributed by atoms with Gasteiger partial charge in [0.15, 0.2) is 0 Å². The van der Waals surface area contributed by atoms with E-state index in [2.05, 4.69) is 0 Å². The smallest absolute Gasteiger partial charge is 0.252 e. The normalized spacial score (nSPS) is 12.4. The van der Waals surface area contributed by atoms with Gasteiger partial charge in [-0.2, -0.15) is 4.31 Å². The molecular weight excluding hydrogens is 296 g/mol. The van der Waals surface area contributed by atoms with Crippen molar-refractivity contribution >= 4 is 27.3 Å². The minimum atomic E-state index is -3.57. The van der Waals surface area contributed by atoms with E-state index in [0.717, 1.165) is 15.6 Å². The predicted molar refractivity (Wildman–Crippen MR) is 81.3 cm³/mol. The van der Waals surface area contributed by atoms with Crippen LogP contribution in [0.1, 0.15) is 27.7 Å². The zero-order valence-corrected chi connectivity index (χ0v) is 14.2. The summed E-state index contributed by atoms with van der Waals surface area (Å²) in [5.41, 5.74) is 0. The molecule has 5 nitrogen and oxygen atoms in total. The number of carbonyl (C=O) groups excluding carboxylic acids is 1. The standard InChI is InChI=1S/C13H22N2O3S2/c1-10(2)15(11(3)4)12(16)9-14(5)20(17,18)13-7-6-8-19-13/h6-8,10-11H,9H2,1-5H3. The Hall–Kier alpha value is -0.920. The third kappa shape index (κ3) is 3.80. The molecule has 1 amide bonds. The Balaban J connectivity index is 2.85. The lowest BCUT2D eigenvalue weighted by atomic mass is 10.2. The molecule has 0 spiro atoms. The third-order valence-electron chi connectivity index (χ3n) is 2.92. The second kappa shape index (κ2) is 6.69. The molecule has 0 aromatic carbocycles. The number of nitrogens with zero attached hydrogens (tertiary/aromatic N) is 2. The van der Waals surface area contributed by atoms with Gasteiger partial charge in [-0.05, 0) is 39.1 Å². The van der Waals surface area contributed by atoms with Crippen LogP contribution in [0.5, 0.6) is 0 Å². The van der Waals surface area contributed by atoms with E-state index in [1.807, 2.05) is 27.7 Å². The number of amides is 1. The number of carbonyl (C=O) groups is 1. The summed E-state index contributed by atoms with van der Waals surface area (Å²) < 4.78 is 25.9. The Kier molecular flexibility index (Phi) is 5.73. The molecule has 0 bridgehead atoms. The highest BCUT2D eigenvalue weighted by atomic mass is 32.2. The number of sulfonamides is 1. The second-order valence-corrected chi connectivity index (χ2v) is 8.40. The summed E-state index contributed by atoms with van der Waals surface area (Å²) in [6, 6.07) is 3.31. The van der Waals surface area contributed by atoms with Gasteiger partial charge in [0.1, 0.15) is 4.21 Å². The van der Waals surface area contributed by atoms with Gasteiger partial charge in [-0.1, -0.05) is 6.07 Å². The molecule has 0 aliphatic heterocycles. The van der Waals surface area contributed by atoms with Crippen molar-refractivity contribution in [2.75, 3.05) is 13.6 Å². The van der Waals surface area contributed by atoms with Crippen LogP contribution in [-0.2, 0) is 14.8 Å². The fourth-order valence-electron chi connectivity index (χ4n) is 2.09. The molecule has 0 aliphatic carbocycles. The molecule has 20 heavy (non-hydrogen) atoms. The van der Waals surface area contributed by atoms with Crippen LogP contribution in [0.15, 0.2) is 21.7 Å². The van der Waals surface area contributed by atoms with Crippen molar-refractivity contribution in [1.29, 1.82) is 0 Å². The van der Waals surface area contributed by atoms with Crippen LogP contribution in [0.25, 0.3) is 0 Å². The highest BCUT2D eigenvalue weighted by Gasteiger charge is 2.27. The van der Waals surface area contributed by atoms with Crippen LogP contribution in [0, 0.1) is 0 Å². The Labute approximate surface area is 125 Å². The summed E-state index contributed by atoms with van der Waals surface area (Å²) in [5, 5.41) is 1.71. The molecule has 1 aromatic rings. The predicted octanol–water partition coefficient (Wildman–Crippen LogP) is 2.01. The van der Waals surface area contributed by atoms with Gasteiger partial charge in [0.05, 0.1) is 6.54 Å². The molecule has 0 fully saturated rings. The molecule has 0 radical (unpaired) electrons. The molecule has 0 atom stereocenters. The van der Waals surface area contributed by atoms with Crippen molar-refractivity contribution in [3.05, 3.63) is 17.5 Å². The fraction of sp³-hybridized carbons (Fsp3) is 0.615. The number of thiophene rings is 1. The minimum Gasteiger partial charge on any atom is -0.337 e. The molecule has 114 valence electrons. The van der Waals surface area contributed by atoms with Crippen LogP contribution in [0.2, 0.25) is 0 Å². The quantitative estimate of drug-likeness (QED) is 0.806. The van der Waals surface area contributed by atoms with Crippen LogP contribution in [0.4, 0.5) is 0 Å². The first kappa shape index (κ1) is 17.1. The van der Waals surface area contributed by atoms with E-state index in [1.165, 1.54) is 7.05 Å². The topological polar surface area (TPSA) is 57.7 Å². The molecular formula is C13H22N2O3S2. The largest absolute Gasteiger partial charge is 0.337 e. The first-order valence-corrected chi connectivity index (χ1v) is 8.81. The Bertz CT molecular complexity index is 528. The van der Waals surface area contributed by atoms with Crippen molar-refractivity contribution < 1.29 is 13.2 Å². The molecule has 0 saturated heterocycles. The molecule has 1 aromatic heterocycles. The maximum absolute atomic E-state index is 12.3. The van der Waals surface area contributed by atoms with E-state index >= 15 is 0 Å². The summed E-state index contributed by atoms with van der Waals surface area (Å²) in [7, 11) is -2.13. The molecule has 1 rings (SSSR count). The summed E-state index contributed by atoms with van der Waals surface area (Å²) in [6.07, 6.45) is 0. The highest BCUT2D eigenvalue weighted by molar-refractivity contribution is 7.91. The molecule has 7 heteroatoms. The molecule has 0 saturated carbocycles. The lowest BCUT2D eigenvalue weighted by molar-refractivity contribution is -0.134. The molecule has 0 unspecified atom stereocenters. The van der Waals surface area contributed by atoms with Crippen LogP contribution >= 0.6 is 11.3 Å². The van der Waals surface area contributed by atoms with E-state index in [4.69, 9.17) is 0 Å². The van der Waals surface area contributed by atoms with Crippen LogP contribution < -0.4 is 0 Å². The maximum atomic E-state index is 12.3. The van der Waals surface area contributed by atoms with Crippen molar-refractivity contribution in [2.45, 2.75) is 44.0 Å². The van der Waals surface area contributed by atoms with Gasteiger partial charge in [-0.3, -0.25) is 4.79 Å². The Morgan fingerprint density at radius 3 is 2.20 bits per heavy atom. The molecule has 1 heterocycles. The molecule has 0 aliphatic rings. The number of hydrogen-bond acceptors (Lipinski definition) is 4. The number of hydrogen-bond donors (Lipinski definition) is 0. The average Bonchev–Trinajstić information content (AvgIpc) is 2.80. The van der Waals surface area contributed by atoms with Crippen molar-refractivity contribution in [1.82, 2.24) is 9.21 Å². The molecule has 0 N–H and O–H groups in total. The van der Waals surface area contributed by atoms with E-state index in [1.54, 1.807) is 22.4 Å². The summed E-state index contributed by atoms with van der Waals surface area (Å²) in [6.45, 7) is 7.55. The average molecular weight is 318 g/mol. The summed E-state index contributed by atoms with van der Waals surface area (Å²) in [4.78, 5) is 14.0. The highest BCUT2D eigenvalue weighted by Crippen LogP contribution is 2.20. The first-order chi connectivity index (χ1) is 9.17. The lowest BCUT2D eigenvalue weighted by Gasteiger charge is -2.32. The van der Waals surface area contributed by atoms with E-state index in [9.17, 15) is 13.2 Å². The summed E-state index contributed by atoms with van der Waals surface area (Å²) in [5.74, 6) is -0.183. The van der Waals surface area contributed by atoms with E-state index in [-0.39, 0.29) is 28.7 Å². The fourth-order valence-corrected chi connectivity index (χ4v) is 4.41. The van der Waals surface area contributed by atoms with Crippen molar-refractivity contribution in [3.8, 4) is 0 Å². The first-order valence-electron chi connectivity index (χ1n) is 6.49. The van der Waals surface area contributed by atoms with Gasteiger partial charge in [0.2, 0.25) is 5.91 Å². The van der Waals surface area contributed by atoms with Gasteiger partial charge in [0.25, 0.3) is 10.0 Å². The SMILES string of the molecule is CC(C)N(C(=O)CN(C)S(=O)(=O)c1cccs1)C(C)C. The van der Waals surface area contributed by atoms with Crippen LogP contribution in [-0.4, -0.2) is 49.2 Å². The van der Waals surface area contributed by atoms with Crippen molar-refractivity contribution in [2.24, 2.45) is 0 Å². The Morgan fingerprint density at radius 2 is 1.80 bits per heavy atom. The van der Waals surface area contributed by atoms with E-state index < -0.39 is 10.0 Å². The third-order valence-corrected chi connectivity index (χ3v) is 6.09. The second-order valence-electron chi connectivity index (χ2n) is 5.18. The van der Waals surface area contributed by atoms with Gasteiger partial charge >= 0.3 is 0 Å². The van der Waals surface area contributed by atoms with Crippen molar-refractivity contribution in [3.63, 3.8) is 0 Å². The zero-order chi connectivity index (χ0) is 15.5. The van der Waals surface area contributed by atoms with Gasteiger partial charge in [-0.25, -0.2) is 8.42 Å². The summed E-state index contributed by atoms with van der Waals surface area (Å²) >= 11 is 1.15. The Morgan fingerprint density at radius 1 is 1.25 bits per heavy atom. The van der Waals surface area contributed by atoms with Gasteiger partial charge in [0, 0.05) is 19.1 Å². The van der Waals surface area contributed by atoms with E-state index in [0.29, 0.717) is 0 Å². The van der Waals surface area contributed by atoms with Gasteiger partial charge < -0.3 is 4.90 Å². The zero-order valence-electron chi connectivity index (χ0n) is 12.5. The minimum absolute atomic E-state index is 0.0420.